The van der Waals surface area contributed by atoms with Crippen molar-refractivity contribution in [3.05, 3.63) is 53.7 Å². The third-order valence-corrected chi connectivity index (χ3v) is 3.63. The number of rotatable bonds is 6. The van der Waals surface area contributed by atoms with Gasteiger partial charge in [0.05, 0.1) is 0 Å². The molecule has 2 aromatic heterocycles. The van der Waals surface area contributed by atoms with E-state index < -0.39 is 0 Å². The number of nitrogen functional groups attached to an aromatic ring is 1. The second kappa shape index (κ2) is 7.52. The molecule has 0 radical (unpaired) electrons. The van der Waals surface area contributed by atoms with E-state index in [4.69, 9.17) is 10.3 Å². The van der Waals surface area contributed by atoms with Crippen LogP contribution in [0, 0.1) is 0 Å². The number of amides is 1. The van der Waals surface area contributed by atoms with E-state index >= 15 is 0 Å². The van der Waals surface area contributed by atoms with E-state index in [-0.39, 0.29) is 17.4 Å². The summed E-state index contributed by atoms with van der Waals surface area (Å²) in [5.74, 6) is 0.982. The average molecular weight is 338 g/mol. The molecule has 3 aromatic rings. The fourth-order valence-corrected chi connectivity index (χ4v) is 2.26. The largest absolute Gasteiger partial charge is 0.382 e. The van der Waals surface area contributed by atoms with Crippen LogP contribution in [-0.4, -0.2) is 32.6 Å². The number of nitrogens with two attached hydrogens (primary N) is 1. The Morgan fingerprint density at radius 2 is 1.96 bits per heavy atom. The number of carbonyl (C=O) groups is 1. The second-order valence-electron chi connectivity index (χ2n) is 5.36. The van der Waals surface area contributed by atoms with Gasteiger partial charge in [-0.15, -0.1) is 0 Å². The van der Waals surface area contributed by atoms with Crippen LogP contribution in [0.15, 0.2) is 41.2 Å². The minimum absolute atomic E-state index is 0.121. The number of carbonyl (C=O) groups excluding carboxylic acids is 1. The summed E-state index contributed by atoms with van der Waals surface area (Å²) >= 11 is 0. The maximum atomic E-state index is 12.0. The highest BCUT2D eigenvalue weighted by Gasteiger charge is 2.11. The van der Waals surface area contributed by atoms with Gasteiger partial charge >= 0.3 is 0 Å². The van der Waals surface area contributed by atoms with Gasteiger partial charge in [0.25, 0.3) is 11.8 Å². The molecule has 0 fully saturated rings. The summed E-state index contributed by atoms with van der Waals surface area (Å²) < 4.78 is 5.21. The van der Waals surface area contributed by atoms with Gasteiger partial charge in [0.2, 0.25) is 0 Å². The summed E-state index contributed by atoms with van der Waals surface area (Å²) in [4.78, 5) is 24.1. The van der Waals surface area contributed by atoms with Gasteiger partial charge in [-0.2, -0.15) is 4.98 Å². The second-order valence-corrected chi connectivity index (χ2v) is 5.36. The van der Waals surface area contributed by atoms with Crippen LogP contribution in [0.3, 0.4) is 0 Å². The minimum Gasteiger partial charge on any atom is -0.382 e. The highest BCUT2D eigenvalue weighted by Crippen LogP contribution is 2.18. The van der Waals surface area contributed by atoms with Crippen molar-refractivity contribution in [2.24, 2.45) is 0 Å². The SMILES string of the molecule is CCc1noc(-c2ccc(CCNC(=O)c3nccnc3N)cc2)n1. The van der Waals surface area contributed by atoms with Gasteiger partial charge < -0.3 is 15.6 Å². The predicted octanol–water partition coefficient (Wildman–Crippen LogP) is 1.64. The zero-order valence-corrected chi connectivity index (χ0v) is 13.8. The molecule has 0 aliphatic heterocycles. The number of aryl methyl sites for hydroxylation is 1. The number of nitrogens with one attached hydrogen (secondary N) is 1. The van der Waals surface area contributed by atoms with E-state index in [0.717, 1.165) is 17.5 Å². The summed E-state index contributed by atoms with van der Waals surface area (Å²) in [5.41, 5.74) is 7.72. The molecule has 8 heteroatoms. The van der Waals surface area contributed by atoms with Crippen molar-refractivity contribution >= 4 is 11.7 Å². The van der Waals surface area contributed by atoms with Crippen LogP contribution in [0.4, 0.5) is 5.82 Å². The minimum atomic E-state index is -0.333. The highest BCUT2D eigenvalue weighted by molar-refractivity contribution is 5.96. The number of anilines is 1. The van der Waals surface area contributed by atoms with Crippen molar-refractivity contribution in [1.29, 1.82) is 0 Å². The molecule has 0 bridgehead atoms. The van der Waals surface area contributed by atoms with E-state index in [9.17, 15) is 4.79 Å². The van der Waals surface area contributed by atoms with Gasteiger partial charge in [-0.1, -0.05) is 24.2 Å². The molecule has 0 spiro atoms. The van der Waals surface area contributed by atoms with E-state index in [1.54, 1.807) is 0 Å². The van der Waals surface area contributed by atoms with Gasteiger partial charge in [0.15, 0.2) is 17.3 Å². The van der Waals surface area contributed by atoms with Crippen molar-refractivity contribution in [1.82, 2.24) is 25.4 Å². The predicted molar refractivity (Wildman–Crippen MR) is 91.6 cm³/mol. The van der Waals surface area contributed by atoms with Gasteiger partial charge in [-0.25, -0.2) is 9.97 Å². The lowest BCUT2D eigenvalue weighted by molar-refractivity contribution is 0.0950. The molecule has 3 rings (SSSR count). The van der Waals surface area contributed by atoms with E-state index in [2.05, 4.69) is 25.4 Å². The first-order valence-electron chi connectivity index (χ1n) is 7.94. The third kappa shape index (κ3) is 3.97. The molecule has 1 aromatic carbocycles. The van der Waals surface area contributed by atoms with Crippen LogP contribution < -0.4 is 11.1 Å². The first kappa shape index (κ1) is 16.6. The number of nitrogens with zero attached hydrogens (tertiary/aromatic N) is 4. The number of aromatic nitrogens is 4. The maximum absolute atomic E-state index is 12.0. The van der Waals surface area contributed by atoms with Crippen LogP contribution in [0.5, 0.6) is 0 Å². The summed E-state index contributed by atoms with van der Waals surface area (Å²) in [6, 6.07) is 7.78. The molecule has 0 saturated heterocycles. The summed E-state index contributed by atoms with van der Waals surface area (Å²) in [5, 5.41) is 6.67. The van der Waals surface area contributed by atoms with Gasteiger partial charge in [0, 0.05) is 30.9 Å². The van der Waals surface area contributed by atoms with Crippen molar-refractivity contribution in [3.63, 3.8) is 0 Å². The lowest BCUT2D eigenvalue weighted by Crippen LogP contribution is -2.27. The lowest BCUT2D eigenvalue weighted by Gasteiger charge is -2.06. The first-order chi connectivity index (χ1) is 12.2. The van der Waals surface area contributed by atoms with Crippen LogP contribution in [-0.2, 0) is 12.8 Å². The number of hydrogen-bond donors (Lipinski definition) is 2. The fourth-order valence-electron chi connectivity index (χ4n) is 2.26. The van der Waals surface area contributed by atoms with Crippen LogP contribution in [0.1, 0.15) is 28.8 Å². The lowest BCUT2D eigenvalue weighted by atomic mass is 10.1. The third-order valence-electron chi connectivity index (χ3n) is 3.63. The Bertz CT molecular complexity index is 860. The molecule has 0 aliphatic carbocycles. The Labute approximate surface area is 144 Å². The molecular formula is C17H18N6O2. The standard InChI is InChI=1S/C17H18N6O2/c1-2-13-22-17(25-23-13)12-5-3-11(4-6-12)7-8-21-16(24)14-15(18)20-10-9-19-14/h3-6,9-10H,2,7-8H2,1H3,(H2,18,20)(H,21,24). The van der Waals surface area contributed by atoms with Crippen molar-refractivity contribution in [2.45, 2.75) is 19.8 Å². The topological polar surface area (TPSA) is 120 Å². The molecule has 1 amide bonds. The van der Waals surface area contributed by atoms with Crippen LogP contribution in [0.25, 0.3) is 11.5 Å². The van der Waals surface area contributed by atoms with E-state index in [1.165, 1.54) is 12.4 Å². The molecule has 3 N–H and O–H groups in total. The quantitative estimate of drug-likeness (QED) is 0.701. The molecule has 25 heavy (non-hydrogen) atoms. The highest BCUT2D eigenvalue weighted by atomic mass is 16.5. The average Bonchev–Trinajstić information content (AvgIpc) is 3.12. The zero-order valence-electron chi connectivity index (χ0n) is 13.8. The molecule has 2 heterocycles. The summed E-state index contributed by atoms with van der Waals surface area (Å²) in [6.45, 7) is 2.44. The molecular weight excluding hydrogens is 320 g/mol. The van der Waals surface area contributed by atoms with Crippen LogP contribution in [0.2, 0.25) is 0 Å². The first-order valence-corrected chi connectivity index (χ1v) is 7.94. The molecule has 0 saturated carbocycles. The molecule has 8 nitrogen and oxygen atoms in total. The van der Waals surface area contributed by atoms with Crippen molar-refractivity contribution in [2.75, 3.05) is 12.3 Å². The van der Waals surface area contributed by atoms with Crippen molar-refractivity contribution < 1.29 is 9.32 Å². The molecule has 0 atom stereocenters. The Morgan fingerprint density at radius 3 is 2.64 bits per heavy atom. The number of benzene rings is 1. The van der Waals surface area contributed by atoms with E-state index in [0.29, 0.717) is 24.7 Å². The maximum Gasteiger partial charge on any atom is 0.273 e. The van der Waals surface area contributed by atoms with Gasteiger partial charge in [-0.3, -0.25) is 4.79 Å². The van der Waals surface area contributed by atoms with Gasteiger partial charge in [0.1, 0.15) is 0 Å². The molecule has 0 unspecified atom stereocenters. The monoisotopic (exact) mass is 338 g/mol. The smallest absolute Gasteiger partial charge is 0.273 e. The van der Waals surface area contributed by atoms with E-state index in [1.807, 2.05) is 31.2 Å². The van der Waals surface area contributed by atoms with Crippen molar-refractivity contribution in [3.8, 4) is 11.5 Å². The zero-order chi connectivity index (χ0) is 17.6. The van der Waals surface area contributed by atoms with Crippen LogP contribution >= 0.6 is 0 Å². The molecule has 0 aliphatic rings. The Balaban J connectivity index is 1.55. The Hall–Kier alpha value is -3.29. The number of hydrogen-bond acceptors (Lipinski definition) is 7. The summed E-state index contributed by atoms with van der Waals surface area (Å²) in [7, 11) is 0. The normalized spacial score (nSPS) is 10.6. The molecule has 128 valence electrons. The van der Waals surface area contributed by atoms with Gasteiger partial charge in [-0.05, 0) is 24.1 Å². The Kier molecular flexibility index (Phi) is 4.98. The Morgan fingerprint density at radius 1 is 1.20 bits per heavy atom. The fraction of sp³-hybridized carbons (Fsp3) is 0.235. The summed E-state index contributed by atoms with van der Waals surface area (Å²) in [6.07, 6.45) is 4.29.